The molecule has 0 radical (unpaired) electrons. The molecule has 2 fully saturated rings. The van der Waals surface area contributed by atoms with Crippen molar-refractivity contribution in [3.63, 3.8) is 0 Å². The van der Waals surface area contributed by atoms with Gasteiger partial charge in [-0.3, -0.25) is 9.69 Å². The van der Waals surface area contributed by atoms with Gasteiger partial charge in [0.25, 0.3) is 0 Å². The van der Waals surface area contributed by atoms with Gasteiger partial charge in [-0.05, 0) is 43.9 Å². The number of methoxy groups -OCH3 is 2. The van der Waals surface area contributed by atoms with Crippen LogP contribution in [0.5, 0.6) is 11.5 Å². The first-order valence-corrected chi connectivity index (χ1v) is 9.95. The first-order valence-electron chi connectivity index (χ1n) is 9.95. The second kappa shape index (κ2) is 11.3. The van der Waals surface area contributed by atoms with E-state index in [2.05, 4.69) is 10.2 Å². The van der Waals surface area contributed by atoms with Crippen molar-refractivity contribution in [2.24, 2.45) is 11.7 Å². The lowest BCUT2D eigenvalue weighted by atomic mass is 9.74. The molecule has 1 saturated carbocycles. The van der Waals surface area contributed by atoms with E-state index < -0.39 is 0 Å². The Labute approximate surface area is 186 Å². The first-order chi connectivity index (χ1) is 12.9. The Kier molecular flexibility index (Phi) is 10.0. The molecule has 1 heterocycles. The van der Waals surface area contributed by atoms with Gasteiger partial charge in [-0.1, -0.05) is 12.8 Å². The summed E-state index contributed by atoms with van der Waals surface area (Å²) in [5, 5.41) is 3.26. The summed E-state index contributed by atoms with van der Waals surface area (Å²) in [5.74, 6) is 1.67. The highest BCUT2D eigenvalue weighted by Crippen LogP contribution is 2.32. The summed E-state index contributed by atoms with van der Waals surface area (Å²) < 4.78 is 10.7. The van der Waals surface area contributed by atoms with Gasteiger partial charge in [0.2, 0.25) is 5.91 Å². The molecule has 1 aromatic carbocycles. The molecule has 166 valence electrons. The van der Waals surface area contributed by atoms with E-state index in [1.165, 1.54) is 0 Å². The van der Waals surface area contributed by atoms with Crippen LogP contribution in [0.4, 0.5) is 0 Å². The average Bonchev–Trinajstić information content (AvgIpc) is 3.07. The van der Waals surface area contributed by atoms with E-state index in [9.17, 15) is 4.79 Å². The largest absolute Gasteiger partial charge is 0.497 e. The fraction of sp³-hybridized carbons (Fsp3) is 0.667. The molecule has 1 saturated heterocycles. The highest BCUT2D eigenvalue weighted by atomic mass is 35.5. The Morgan fingerprint density at radius 2 is 1.83 bits per heavy atom. The zero-order chi connectivity index (χ0) is 19.4. The van der Waals surface area contributed by atoms with E-state index in [0.29, 0.717) is 0 Å². The zero-order valence-electron chi connectivity index (χ0n) is 17.6. The van der Waals surface area contributed by atoms with Gasteiger partial charge in [0.1, 0.15) is 11.5 Å². The number of halogens is 2. The lowest BCUT2D eigenvalue weighted by molar-refractivity contribution is -0.128. The highest BCUT2D eigenvalue weighted by molar-refractivity contribution is 5.85. The lowest BCUT2D eigenvalue weighted by Crippen LogP contribution is -2.54. The number of nitrogens with one attached hydrogen (secondary N) is 1. The molecule has 8 heteroatoms. The molecule has 29 heavy (non-hydrogen) atoms. The quantitative estimate of drug-likeness (QED) is 0.699. The van der Waals surface area contributed by atoms with Gasteiger partial charge in [-0.15, -0.1) is 24.8 Å². The monoisotopic (exact) mass is 447 g/mol. The van der Waals surface area contributed by atoms with Gasteiger partial charge in [-0.2, -0.15) is 0 Å². The van der Waals surface area contributed by atoms with E-state index in [0.717, 1.165) is 68.8 Å². The molecular formula is C21H35Cl2N3O3. The second-order valence-electron chi connectivity index (χ2n) is 8.25. The molecule has 3 atom stereocenters. The number of hydrogen-bond acceptors (Lipinski definition) is 5. The third-order valence-corrected chi connectivity index (χ3v) is 6.01. The van der Waals surface area contributed by atoms with Crippen LogP contribution in [0.25, 0.3) is 0 Å². The van der Waals surface area contributed by atoms with Crippen LogP contribution in [0, 0.1) is 5.92 Å². The van der Waals surface area contributed by atoms with Crippen LogP contribution in [-0.4, -0.2) is 49.7 Å². The van der Waals surface area contributed by atoms with E-state index in [-0.39, 0.29) is 48.2 Å². The number of carbonyl (C=O) groups excluding carboxylic acids is 1. The summed E-state index contributed by atoms with van der Waals surface area (Å²) in [5.41, 5.74) is 7.16. The van der Waals surface area contributed by atoms with Crippen molar-refractivity contribution in [1.82, 2.24) is 10.2 Å². The SMILES string of the molecule is COc1cc(CN2CCC(NC(=O)C3CCCCC3(C)N)C2)cc(OC)c1.Cl.Cl. The molecule has 1 aromatic rings. The number of nitrogens with zero attached hydrogens (tertiary/aromatic N) is 1. The first kappa shape index (κ1) is 25.8. The standard InChI is InChI=1S/C21H33N3O3.2ClH/c1-21(22)8-5-4-6-19(21)20(25)23-16-7-9-24(14-16)13-15-10-17(26-2)12-18(11-15)27-3;;/h10-12,16,19H,4-9,13-14,22H2,1-3H3,(H,23,25);2*1H. The maximum Gasteiger partial charge on any atom is 0.225 e. The van der Waals surface area contributed by atoms with E-state index in [1.54, 1.807) is 14.2 Å². The number of amides is 1. The van der Waals surface area contributed by atoms with Gasteiger partial charge in [0, 0.05) is 37.3 Å². The number of hydrogen-bond donors (Lipinski definition) is 2. The lowest BCUT2D eigenvalue weighted by Gasteiger charge is -2.37. The summed E-state index contributed by atoms with van der Waals surface area (Å²) in [6.07, 6.45) is 5.02. The van der Waals surface area contributed by atoms with Crippen LogP contribution in [0.2, 0.25) is 0 Å². The highest BCUT2D eigenvalue weighted by Gasteiger charge is 2.38. The minimum absolute atomic E-state index is 0. The molecule has 0 aromatic heterocycles. The molecule has 3 rings (SSSR count). The predicted octanol–water partition coefficient (Wildman–Crippen LogP) is 3.15. The molecule has 3 N–H and O–H groups in total. The summed E-state index contributed by atoms with van der Waals surface area (Å²) in [4.78, 5) is 15.1. The van der Waals surface area contributed by atoms with E-state index in [4.69, 9.17) is 15.2 Å². The number of ether oxygens (including phenoxy) is 2. The van der Waals surface area contributed by atoms with Gasteiger partial charge < -0.3 is 20.5 Å². The van der Waals surface area contributed by atoms with E-state index >= 15 is 0 Å². The maximum atomic E-state index is 12.8. The zero-order valence-corrected chi connectivity index (χ0v) is 19.2. The van der Waals surface area contributed by atoms with Crippen LogP contribution in [0.1, 0.15) is 44.6 Å². The van der Waals surface area contributed by atoms with Gasteiger partial charge >= 0.3 is 0 Å². The van der Waals surface area contributed by atoms with Gasteiger partial charge in [-0.25, -0.2) is 0 Å². The summed E-state index contributed by atoms with van der Waals surface area (Å²) in [6, 6.07) is 6.15. The maximum absolute atomic E-state index is 12.8. The van der Waals surface area contributed by atoms with Gasteiger partial charge in [0.05, 0.1) is 20.1 Å². The van der Waals surface area contributed by atoms with Crippen molar-refractivity contribution in [3.05, 3.63) is 23.8 Å². The third-order valence-electron chi connectivity index (χ3n) is 6.01. The van der Waals surface area contributed by atoms with E-state index in [1.807, 2.05) is 25.1 Å². The van der Waals surface area contributed by atoms with Crippen molar-refractivity contribution < 1.29 is 14.3 Å². The Hall–Kier alpha value is -1.21. The number of rotatable bonds is 6. The molecule has 1 amide bonds. The molecule has 6 nitrogen and oxygen atoms in total. The average molecular weight is 448 g/mol. The summed E-state index contributed by atoms with van der Waals surface area (Å²) in [6.45, 7) is 4.67. The molecule has 0 bridgehead atoms. The second-order valence-corrected chi connectivity index (χ2v) is 8.25. The molecule has 1 aliphatic carbocycles. The summed E-state index contributed by atoms with van der Waals surface area (Å²) >= 11 is 0. The van der Waals surface area contributed by atoms with Crippen LogP contribution in [0.15, 0.2) is 18.2 Å². The molecule has 1 aliphatic heterocycles. The molecular weight excluding hydrogens is 413 g/mol. The molecule has 0 spiro atoms. The normalized spacial score (nSPS) is 26.8. The Bertz CT molecular complexity index is 650. The van der Waals surface area contributed by atoms with Crippen LogP contribution < -0.4 is 20.5 Å². The number of carbonyl (C=O) groups is 1. The Morgan fingerprint density at radius 1 is 1.17 bits per heavy atom. The van der Waals surface area contributed by atoms with Gasteiger partial charge in [0.15, 0.2) is 0 Å². The summed E-state index contributed by atoms with van der Waals surface area (Å²) in [7, 11) is 3.33. The smallest absolute Gasteiger partial charge is 0.225 e. The molecule has 3 unspecified atom stereocenters. The minimum atomic E-state index is -0.377. The number of nitrogens with two attached hydrogens (primary N) is 1. The Morgan fingerprint density at radius 3 is 2.41 bits per heavy atom. The van der Waals surface area contributed by atoms with Crippen molar-refractivity contribution >= 4 is 30.7 Å². The number of likely N-dealkylation sites (tertiary alicyclic amines) is 1. The van der Waals surface area contributed by atoms with Crippen molar-refractivity contribution in [3.8, 4) is 11.5 Å². The number of benzene rings is 1. The fourth-order valence-electron chi connectivity index (χ4n) is 4.40. The fourth-order valence-corrected chi connectivity index (χ4v) is 4.40. The van der Waals surface area contributed by atoms with Crippen molar-refractivity contribution in [1.29, 1.82) is 0 Å². The topological polar surface area (TPSA) is 76.8 Å². The minimum Gasteiger partial charge on any atom is -0.497 e. The Balaban J connectivity index is 0.00000210. The van der Waals surface area contributed by atoms with Crippen LogP contribution >= 0.6 is 24.8 Å². The van der Waals surface area contributed by atoms with Crippen LogP contribution in [-0.2, 0) is 11.3 Å². The predicted molar refractivity (Wildman–Crippen MR) is 120 cm³/mol. The third kappa shape index (κ3) is 6.64. The molecule has 2 aliphatic rings. The van der Waals surface area contributed by atoms with Crippen molar-refractivity contribution in [2.75, 3.05) is 27.3 Å². The van der Waals surface area contributed by atoms with Crippen molar-refractivity contribution in [2.45, 2.75) is 57.2 Å². The van der Waals surface area contributed by atoms with Crippen LogP contribution in [0.3, 0.4) is 0 Å².